The normalized spacial score (nSPS) is 15.9. The number of Topliss-reactive ketones (excluding diaryl/α,β-unsaturated/α-hetero) is 1. The number of benzene rings is 1. The zero-order valence-electron chi connectivity index (χ0n) is 8.19. The third kappa shape index (κ3) is 1.69. The van der Waals surface area contributed by atoms with Crippen LogP contribution in [-0.2, 0) is 9.59 Å². The van der Waals surface area contributed by atoms with Crippen LogP contribution >= 0.6 is 0 Å². The number of methoxy groups -OCH3 is 1. The van der Waals surface area contributed by atoms with Crippen molar-refractivity contribution in [3.63, 3.8) is 0 Å². The van der Waals surface area contributed by atoms with Crippen molar-refractivity contribution < 1.29 is 14.3 Å². The first kappa shape index (κ1) is 9.67. The molecule has 1 fully saturated rings. The number of nitrogens with zero attached hydrogens (tertiary/aromatic N) is 1. The molecule has 1 aromatic rings. The van der Waals surface area contributed by atoms with E-state index in [1.54, 1.807) is 31.4 Å². The van der Waals surface area contributed by atoms with E-state index in [9.17, 15) is 9.59 Å². The van der Waals surface area contributed by atoms with Gasteiger partial charge in [-0.25, -0.2) is 10.4 Å². The lowest BCUT2D eigenvalue weighted by Gasteiger charge is -2.14. The number of carbonyl (C=O) groups is 2. The average molecular weight is 206 g/mol. The molecule has 0 aromatic heterocycles. The number of ether oxygens (including phenoxy) is 1. The van der Waals surface area contributed by atoms with Crippen LogP contribution in [-0.4, -0.2) is 25.3 Å². The number of ketones is 1. The molecule has 2 rings (SSSR count). The molecule has 0 atom stereocenters. The van der Waals surface area contributed by atoms with E-state index in [1.807, 2.05) is 0 Å². The van der Waals surface area contributed by atoms with Crippen LogP contribution in [0.2, 0.25) is 0 Å². The van der Waals surface area contributed by atoms with Crippen LogP contribution in [0, 0.1) is 0 Å². The van der Waals surface area contributed by atoms with E-state index in [0.29, 0.717) is 11.4 Å². The second-order valence-corrected chi connectivity index (χ2v) is 3.10. The Kier molecular flexibility index (Phi) is 2.39. The van der Waals surface area contributed by atoms with Crippen molar-refractivity contribution in [1.82, 2.24) is 5.43 Å². The molecule has 0 radical (unpaired) electrons. The number of nitrogens with one attached hydrogen (secondary N) is 1. The van der Waals surface area contributed by atoms with E-state index in [0.717, 1.165) is 0 Å². The molecule has 1 aromatic carbocycles. The molecular formula is C10H10N2O3. The van der Waals surface area contributed by atoms with Crippen LogP contribution in [0.25, 0.3) is 0 Å². The van der Waals surface area contributed by atoms with Crippen molar-refractivity contribution in [2.45, 2.75) is 0 Å². The van der Waals surface area contributed by atoms with Gasteiger partial charge in [-0.3, -0.25) is 9.59 Å². The average Bonchev–Trinajstić information content (AvgIpc) is 2.60. The molecule has 0 spiro atoms. The van der Waals surface area contributed by atoms with Gasteiger partial charge in [0.2, 0.25) is 5.78 Å². The number of amides is 1. The number of anilines is 1. The Bertz CT molecular complexity index is 400. The topological polar surface area (TPSA) is 58.6 Å². The molecule has 1 amide bonds. The molecule has 0 saturated carbocycles. The van der Waals surface area contributed by atoms with E-state index in [1.165, 1.54) is 5.01 Å². The zero-order chi connectivity index (χ0) is 10.8. The molecule has 15 heavy (non-hydrogen) atoms. The standard InChI is InChI=1S/C10H10N2O3/c1-15-8-4-2-7(3-5-8)12-10(14)9(13)6-11-12/h2-5,11H,6H2,1H3. The Labute approximate surface area is 86.6 Å². The van der Waals surface area contributed by atoms with Gasteiger partial charge in [0.15, 0.2) is 0 Å². The van der Waals surface area contributed by atoms with Crippen molar-refractivity contribution in [1.29, 1.82) is 0 Å². The molecule has 0 bridgehead atoms. The highest BCUT2D eigenvalue weighted by molar-refractivity contribution is 6.43. The van der Waals surface area contributed by atoms with Crippen molar-refractivity contribution in [3.05, 3.63) is 24.3 Å². The monoisotopic (exact) mass is 206 g/mol. The highest BCUT2D eigenvalue weighted by Crippen LogP contribution is 2.19. The van der Waals surface area contributed by atoms with Gasteiger partial charge in [-0.2, -0.15) is 0 Å². The van der Waals surface area contributed by atoms with Crippen molar-refractivity contribution in [2.24, 2.45) is 0 Å². The second-order valence-electron chi connectivity index (χ2n) is 3.10. The number of hydrogen-bond acceptors (Lipinski definition) is 4. The summed E-state index contributed by atoms with van der Waals surface area (Å²) in [4.78, 5) is 22.3. The summed E-state index contributed by atoms with van der Waals surface area (Å²) in [6.45, 7) is 0.0604. The molecule has 5 nitrogen and oxygen atoms in total. The van der Waals surface area contributed by atoms with E-state index in [2.05, 4.69) is 5.43 Å². The fourth-order valence-corrected chi connectivity index (χ4v) is 1.36. The van der Waals surface area contributed by atoms with E-state index in [-0.39, 0.29) is 6.54 Å². The first-order valence-electron chi connectivity index (χ1n) is 4.47. The van der Waals surface area contributed by atoms with Gasteiger partial charge in [-0.1, -0.05) is 0 Å². The van der Waals surface area contributed by atoms with Crippen molar-refractivity contribution >= 4 is 17.4 Å². The number of rotatable bonds is 2. The Hall–Kier alpha value is -1.88. The second kappa shape index (κ2) is 3.70. The van der Waals surface area contributed by atoms with Gasteiger partial charge in [-0.05, 0) is 24.3 Å². The lowest BCUT2D eigenvalue weighted by molar-refractivity contribution is -0.133. The molecule has 1 aliphatic rings. The smallest absolute Gasteiger partial charge is 0.310 e. The minimum atomic E-state index is -0.528. The predicted octanol–water partition coefficient (Wildman–Crippen LogP) is 0.115. The Morgan fingerprint density at radius 1 is 1.27 bits per heavy atom. The quantitative estimate of drug-likeness (QED) is 0.698. The number of carbonyl (C=O) groups excluding carboxylic acids is 2. The van der Waals surface area contributed by atoms with Crippen molar-refractivity contribution in [3.8, 4) is 5.75 Å². The van der Waals surface area contributed by atoms with Crippen LogP contribution in [0.3, 0.4) is 0 Å². The zero-order valence-corrected chi connectivity index (χ0v) is 8.19. The fourth-order valence-electron chi connectivity index (χ4n) is 1.36. The maximum atomic E-state index is 11.3. The Morgan fingerprint density at radius 3 is 2.40 bits per heavy atom. The van der Waals surface area contributed by atoms with Gasteiger partial charge in [0, 0.05) is 0 Å². The van der Waals surface area contributed by atoms with Crippen LogP contribution in [0.5, 0.6) is 5.75 Å². The maximum Gasteiger partial charge on any atom is 0.310 e. The fraction of sp³-hybridized carbons (Fsp3) is 0.200. The molecule has 5 heteroatoms. The largest absolute Gasteiger partial charge is 0.497 e. The lowest BCUT2D eigenvalue weighted by Crippen LogP contribution is -2.34. The maximum absolute atomic E-state index is 11.3. The summed E-state index contributed by atoms with van der Waals surface area (Å²) in [7, 11) is 1.57. The summed E-state index contributed by atoms with van der Waals surface area (Å²) in [6, 6.07) is 6.88. The van der Waals surface area contributed by atoms with Gasteiger partial charge < -0.3 is 4.74 Å². The summed E-state index contributed by atoms with van der Waals surface area (Å²) < 4.78 is 4.99. The number of hydrazine groups is 1. The van der Waals surface area contributed by atoms with Gasteiger partial charge >= 0.3 is 5.91 Å². The van der Waals surface area contributed by atoms with E-state index < -0.39 is 11.7 Å². The molecule has 1 aliphatic heterocycles. The summed E-state index contributed by atoms with van der Waals surface area (Å²) in [5.74, 6) is -0.247. The van der Waals surface area contributed by atoms with Crippen LogP contribution in [0.15, 0.2) is 24.3 Å². The third-order valence-corrected chi connectivity index (χ3v) is 2.17. The molecule has 0 unspecified atom stereocenters. The first-order chi connectivity index (χ1) is 7.22. The molecular weight excluding hydrogens is 196 g/mol. The lowest BCUT2D eigenvalue weighted by atomic mass is 10.3. The summed E-state index contributed by atoms with van der Waals surface area (Å²) >= 11 is 0. The Balaban J connectivity index is 2.23. The third-order valence-electron chi connectivity index (χ3n) is 2.17. The molecule has 0 aliphatic carbocycles. The van der Waals surface area contributed by atoms with Gasteiger partial charge in [0.1, 0.15) is 5.75 Å². The van der Waals surface area contributed by atoms with Crippen LogP contribution in [0.4, 0.5) is 5.69 Å². The molecule has 1 saturated heterocycles. The van der Waals surface area contributed by atoms with Crippen LogP contribution in [0.1, 0.15) is 0 Å². The summed E-state index contributed by atoms with van der Waals surface area (Å²) in [5, 5.41) is 1.24. The predicted molar refractivity (Wildman–Crippen MR) is 53.5 cm³/mol. The van der Waals surface area contributed by atoms with Gasteiger partial charge in [0.25, 0.3) is 0 Å². The molecule has 78 valence electrons. The van der Waals surface area contributed by atoms with Gasteiger partial charge in [-0.15, -0.1) is 0 Å². The van der Waals surface area contributed by atoms with Gasteiger partial charge in [0.05, 0.1) is 19.3 Å². The van der Waals surface area contributed by atoms with Crippen LogP contribution < -0.4 is 15.2 Å². The SMILES string of the molecule is COc1ccc(N2NCC(=O)C2=O)cc1. The first-order valence-corrected chi connectivity index (χ1v) is 4.47. The highest BCUT2D eigenvalue weighted by Gasteiger charge is 2.29. The minimum Gasteiger partial charge on any atom is -0.497 e. The molecule has 1 heterocycles. The highest BCUT2D eigenvalue weighted by atomic mass is 16.5. The van der Waals surface area contributed by atoms with E-state index in [4.69, 9.17) is 4.74 Å². The minimum absolute atomic E-state index is 0.0604. The summed E-state index contributed by atoms with van der Waals surface area (Å²) in [6.07, 6.45) is 0. The Morgan fingerprint density at radius 2 is 1.93 bits per heavy atom. The molecule has 1 N–H and O–H groups in total. The van der Waals surface area contributed by atoms with Crippen molar-refractivity contribution in [2.75, 3.05) is 18.7 Å². The summed E-state index contributed by atoms with van der Waals surface area (Å²) in [5.41, 5.74) is 3.33. The van der Waals surface area contributed by atoms with E-state index >= 15 is 0 Å². The number of hydrogen-bond donors (Lipinski definition) is 1.